The summed E-state index contributed by atoms with van der Waals surface area (Å²) in [5, 5.41) is 27.8. The van der Waals surface area contributed by atoms with Gasteiger partial charge in [0.15, 0.2) is 0 Å². The fourth-order valence-corrected chi connectivity index (χ4v) is 2.38. The van der Waals surface area contributed by atoms with Crippen LogP contribution in [0.5, 0.6) is 23.0 Å². The van der Waals surface area contributed by atoms with Gasteiger partial charge in [0, 0.05) is 0 Å². The van der Waals surface area contributed by atoms with E-state index in [1.165, 1.54) is 48.5 Å². The lowest BCUT2D eigenvalue weighted by atomic mass is 10.0. The number of rotatable bonds is 5. The smallest absolute Gasteiger partial charge is 0.344 e. The maximum atomic E-state index is 12.6. The molecule has 3 N–H and O–H groups in total. The van der Waals surface area contributed by atoms with Gasteiger partial charge in [-0.1, -0.05) is 0 Å². The molecule has 0 aliphatic heterocycles. The summed E-state index contributed by atoms with van der Waals surface area (Å²) >= 11 is 0. The van der Waals surface area contributed by atoms with E-state index in [4.69, 9.17) is 9.47 Å². The molecule has 8 heteroatoms. The largest absolute Gasteiger partial charge is 0.508 e. The number of phenolic OH excluding ortho intramolecular Hbond substituents is 2. The van der Waals surface area contributed by atoms with Crippen LogP contribution in [0.1, 0.15) is 31.1 Å². The molecular formula is C21H14O8. The summed E-state index contributed by atoms with van der Waals surface area (Å²) in [6.45, 7) is 0. The summed E-state index contributed by atoms with van der Waals surface area (Å²) in [6.07, 6.45) is 0. The Kier molecular flexibility index (Phi) is 5.45. The van der Waals surface area contributed by atoms with E-state index in [1.807, 2.05) is 0 Å². The number of esters is 2. The number of benzene rings is 3. The SMILES string of the molecule is O=C(O)c1ccc(C(=O)Oc2ccc(O)cc2)c(C(=O)Oc2ccc(O)cc2)c1. The third-order valence-electron chi connectivity index (χ3n) is 3.80. The molecular weight excluding hydrogens is 380 g/mol. The van der Waals surface area contributed by atoms with E-state index < -0.39 is 17.9 Å². The summed E-state index contributed by atoms with van der Waals surface area (Å²) in [4.78, 5) is 36.4. The highest BCUT2D eigenvalue weighted by Gasteiger charge is 2.23. The Morgan fingerprint density at radius 2 is 1.07 bits per heavy atom. The maximum absolute atomic E-state index is 12.6. The Morgan fingerprint density at radius 3 is 1.52 bits per heavy atom. The van der Waals surface area contributed by atoms with Gasteiger partial charge < -0.3 is 24.8 Å². The van der Waals surface area contributed by atoms with Crippen LogP contribution >= 0.6 is 0 Å². The first-order chi connectivity index (χ1) is 13.8. The van der Waals surface area contributed by atoms with Crippen molar-refractivity contribution >= 4 is 17.9 Å². The Hall–Kier alpha value is -4.33. The van der Waals surface area contributed by atoms with Gasteiger partial charge in [0.05, 0.1) is 16.7 Å². The second-order valence-corrected chi connectivity index (χ2v) is 5.83. The van der Waals surface area contributed by atoms with Crippen molar-refractivity contribution in [2.24, 2.45) is 0 Å². The molecule has 0 spiro atoms. The average Bonchev–Trinajstić information content (AvgIpc) is 2.70. The molecule has 146 valence electrons. The topological polar surface area (TPSA) is 130 Å². The third kappa shape index (κ3) is 4.69. The number of ether oxygens (including phenoxy) is 2. The molecule has 3 rings (SSSR count). The minimum atomic E-state index is -1.29. The number of phenols is 2. The summed E-state index contributed by atoms with van der Waals surface area (Å²) in [6, 6.07) is 13.9. The summed E-state index contributed by atoms with van der Waals surface area (Å²) < 4.78 is 10.3. The number of carbonyl (C=O) groups excluding carboxylic acids is 2. The van der Waals surface area contributed by atoms with Gasteiger partial charge in [-0.05, 0) is 66.7 Å². The second kappa shape index (κ2) is 8.13. The molecule has 0 aliphatic carbocycles. The summed E-state index contributed by atoms with van der Waals surface area (Å²) in [5.74, 6) is -3.02. The number of carboxylic acid groups (broad SMARTS) is 1. The lowest BCUT2D eigenvalue weighted by Gasteiger charge is -2.11. The van der Waals surface area contributed by atoms with E-state index in [-0.39, 0.29) is 39.7 Å². The van der Waals surface area contributed by atoms with Crippen molar-refractivity contribution in [1.82, 2.24) is 0 Å². The molecule has 0 heterocycles. The van der Waals surface area contributed by atoms with Crippen LogP contribution in [0.4, 0.5) is 0 Å². The third-order valence-corrected chi connectivity index (χ3v) is 3.80. The van der Waals surface area contributed by atoms with Gasteiger partial charge in [-0.3, -0.25) is 0 Å². The number of aromatic carboxylic acids is 1. The van der Waals surface area contributed by atoms with Gasteiger partial charge in [-0.15, -0.1) is 0 Å². The first kappa shape index (κ1) is 19.4. The Bertz CT molecular complexity index is 1070. The molecule has 0 aliphatic rings. The van der Waals surface area contributed by atoms with E-state index in [2.05, 4.69) is 0 Å². The normalized spacial score (nSPS) is 10.2. The summed E-state index contributed by atoms with van der Waals surface area (Å²) in [7, 11) is 0. The predicted molar refractivity (Wildman–Crippen MR) is 99.5 cm³/mol. The highest BCUT2D eigenvalue weighted by atomic mass is 16.5. The molecule has 0 saturated heterocycles. The van der Waals surface area contributed by atoms with E-state index in [0.29, 0.717) is 0 Å². The monoisotopic (exact) mass is 394 g/mol. The van der Waals surface area contributed by atoms with Crippen LogP contribution in [-0.2, 0) is 0 Å². The molecule has 0 amide bonds. The standard InChI is InChI=1S/C21H14O8/c22-13-2-6-15(7-3-13)28-20(26)17-10-1-12(19(24)25)11-18(17)21(27)29-16-8-4-14(23)5-9-16/h1-11,22-23H,(H,24,25). The molecule has 0 atom stereocenters. The van der Waals surface area contributed by atoms with Crippen molar-refractivity contribution in [3.05, 3.63) is 83.4 Å². The van der Waals surface area contributed by atoms with Crippen LogP contribution < -0.4 is 9.47 Å². The number of carbonyl (C=O) groups is 3. The lowest BCUT2D eigenvalue weighted by molar-refractivity contribution is 0.0683. The van der Waals surface area contributed by atoms with Crippen molar-refractivity contribution in [2.75, 3.05) is 0 Å². The van der Waals surface area contributed by atoms with Crippen LogP contribution in [0.25, 0.3) is 0 Å². The van der Waals surface area contributed by atoms with Crippen molar-refractivity contribution in [1.29, 1.82) is 0 Å². The second-order valence-electron chi connectivity index (χ2n) is 5.83. The predicted octanol–water partition coefficient (Wildman–Crippen LogP) is 3.23. The number of hydrogen-bond acceptors (Lipinski definition) is 7. The summed E-state index contributed by atoms with van der Waals surface area (Å²) in [5.41, 5.74) is -0.725. The Morgan fingerprint density at radius 1 is 0.621 bits per heavy atom. The van der Waals surface area contributed by atoms with Crippen LogP contribution in [-0.4, -0.2) is 33.2 Å². The van der Waals surface area contributed by atoms with Gasteiger partial charge >= 0.3 is 17.9 Å². The van der Waals surface area contributed by atoms with Gasteiger partial charge in [-0.2, -0.15) is 0 Å². The van der Waals surface area contributed by atoms with Crippen molar-refractivity contribution in [3.63, 3.8) is 0 Å². The number of hydrogen-bond donors (Lipinski definition) is 3. The van der Waals surface area contributed by atoms with Gasteiger partial charge in [-0.25, -0.2) is 14.4 Å². The van der Waals surface area contributed by atoms with E-state index in [9.17, 15) is 29.7 Å². The van der Waals surface area contributed by atoms with E-state index >= 15 is 0 Å². The van der Waals surface area contributed by atoms with Gasteiger partial charge in [0.25, 0.3) is 0 Å². The molecule has 0 saturated carbocycles. The zero-order chi connectivity index (χ0) is 21.0. The van der Waals surface area contributed by atoms with Crippen LogP contribution in [0.3, 0.4) is 0 Å². The molecule has 0 aromatic heterocycles. The minimum absolute atomic E-state index is 0.0197. The van der Waals surface area contributed by atoms with Crippen LogP contribution in [0.2, 0.25) is 0 Å². The molecule has 8 nitrogen and oxygen atoms in total. The van der Waals surface area contributed by atoms with E-state index in [0.717, 1.165) is 18.2 Å². The average molecular weight is 394 g/mol. The maximum Gasteiger partial charge on any atom is 0.344 e. The molecule has 0 unspecified atom stereocenters. The quantitative estimate of drug-likeness (QED) is 0.444. The molecule has 3 aromatic rings. The molecule has 0 bridgehead atoms. The Balaban J connectivity index is 1.92. The first-order valence-corrected chi connectivity index (χ1v) is 8.23. The van der Waals surface area contributed by atoms with Gasteiger partial charge in [0.1, 0.15) is 23.0 Å². The lowest BCUT2D eigenvalue weighted by Crippen LogP contribution is -2.18. The van der Waals surface area contributed by atoms with Crippen LogP contribution in [0, 0.1) is 0 Å². The number of carboxylic acids is 1. The van der Waals surface area contributed by atoms with Crippen LogP contribution in [0.15, 0.2) is 66.7 Å². The highest BCUT2D eigenvalue weighted by molar-refractivity contribution is 6.06. The molecule has 29 heavy (non-hydrogen) atoms. The molecule has 3 aromatic carbocycles. The van der Waals surface area contributed by atoms with Crippen molar-refractivity contribution in [3.8, 4) is 23.0 Å². The molecule has 0 radical (unpaired) electrons. The highest BCUT2D eigenvalue weighted by Crippen LogP contribution is 2.22. The van der Waals surface area contributed by atoms with Crippen molar-refractivity contribution < 1.29 is 39.2 Å². The Labute approximate surface area is 164 Å². The zero-order valence-corrected chi connectivity index (χ0v) is 14.7. The first-order valence-electron chi connectivity index (χ1n) is 8.23. The fourth-order valence-electron chi connectivity index (χ4n) is 2.38. The van der Waals surface area contributed by atoms with Crippen molar-refractivity contribution in [2.45, 2.75) is 0 Å². The molecule has 0 fully saturated rings. The minimum Gasteiger partial charge on any atom is -0.508 e. The fraction of sp³-hybridized carbons (Fsp3) is 0. The van der Waals surface area contributed by atoms with Gasteiger partial charge in [0.2, 0.25) is 0 Å². The zero-order valence-electron chi connectivity index (χ0n) is 14.7. The van der Waals surface area contributed by atoms with E-state index in [1.54, 1.807) is 0 Å². The number of aromatic hydroxyl groups is 2.